The number of hydrogen-bond donors (Lipinski definition) is 1. The summed E-state index contributed by atoms with van der Waals surface area (Å²) in [6.45, 7) is 10.7. The van der Waals surface area contributed by atoms with Gasteiger partial charge in [-0.1, -0.05) is 26.8 Å². The fourth-order valence-corrected chi connectivity index (χ4v) is 3.33. The van der Waals surface area contributed by atoms with Gasteiger partial charge < -0.3 is 15.0 Å². The van der Waals surface area contributed by atoms with Gasteiger partial charge in [0.1, 0.15) is 5.75 Å². The number of aromatic nitrogens is 1. The van der Waals surface area contributed by atoms with Gasteiger partial charge in [-0.15, -0.1) is 0 Å². The highest BCUT2D eigenvalue weighted by Crippen LogP contribution is 2.18. The Bertz CT molecular complexity index is 855. The number of rotatable bonds is 6. The second-order valence-electron chi connectivity index (χ2n) is 9.08. The van der Waals surface area contributed by atoms with Crippen LogP contribution in [0.25, 0.3) is 0 Å². The SMILES string of the molecule is CC(C)(C)CCNC(=O)c1ccc(OC(=O)N2CCN(Cc3cccnc3)CC2)cc1. The van der Waals surface area contributed by atoms with Gasteiger partial charge in [0.25, 0.3) is 5.91 Å². The quantitative estimate of drug-likeness (QED) is 0.767. The minimum Gasteiger partial charge on any atom is -0.410 e. The van der Waals surface area contributed by atoms with Crippen LogP contribution in [0.5, 0.6) is 5.75 Å². The molecule has 2 amide bonds. The van der Waals surface area contributed by atoms with Gasteiger partial charge in [0.15, 0.2) is 0 Å². The Morgan fingerprint density at radius 1 is 1.06 bits per heavy atom. The van der Waals surface area contributed by atoms with Gasteiger partial charge in [-0.05, 0) is 47.7 Å². The van der Waals surface area contributed by atoms with Crippen molar-refractivity contribution in [1.82, 2.24) is 20.1 Å². The molecule has 7 heteroatoms. The largest absolute Gasteiger partial charge is 0.415 e. The molecule has 1 N–H and O–H groups in total. The Morgan fingerprint density at radius 3 is 2.39 bits per heavy atom. The Hall–Kier alpha value is -2.93. The second kappa shape index (κ2) is 10.4. The summed E-state index contributed by atoms with van der Waals surface area (Å²) < 4.78 is 5.49. The van der Waals surface area contributed by atoms with E-state index in [0.29, 0.717) is 30.9 Å². The molecule has 0 unspecified atom stereocenters. The van der Waals surface area contributed by atoms with Gasteiger partial charge in [0.05, 0.1) is 0 Å². The van der Waals surface area contributed by atoms with Crippen LogP contribution in [-0.4, -0.2) is 59.5 Å². The molecule has 0 bridgehead atoms. The van der Waals surface area contributed by atoms with Crippen molar-refractivity contribution in [2.45, 2.75) is 33.7 Å². The molecule has 1 saturated heterocycles. The van der Waals surface area contributed by atoms with E-state index in [0.717, 1.165) is 26.1 Å². The summed E-state index contributed by atoms with van der Waals surface area (Å²) in [5.41, 5.74) is 1.90. The van der Waals surface area contributed by atoms with Gasteiger partial charge in [-0.3, -0.25) is 14.7 Å². The molecule has 7 nitrogen and oxygen atoms in total. The highest BCUT2D eigenvalue weighted by atomic mass is 16.6. The Kier molecular flexibility index (Phi) is 7.63. The summed E-state index contributed by atoms with van der Waals surface area (Å²) in [6.07, 6.45) is 4.19. The average molecular weight is 425 g/mol. The Morgan fingerprint density at radius 2 is 1.77 bits per heavy atom. The number of ether oxygens (including phenoxy) is 1. The van der Waals surface area contributed by atoms with Crippen LogP contribution in [0.4, 0.5) is 4.79 Å². The number of nitrogens with one attached hydrogen (secondary N) is 1. The zero-order chi connectivity index (χ0) is 22.3. The molecular weight excluding hydrogens is 392 g/mol. The number of benzene rings is 1. The summed E-state index contributed by atoms with van der Waals surface area (Å²) in [7, 11) is 0. The predicted molar refractivity (Wildman–Crippen MR) is 120 cm³/mol. The summed E-state index contributed by atoms with van der Waals surface area (Å²) >= 11 is 0. The van der Waals surface area contributed by atoms with E-state index in [1.165, 1.54) is 5.56 Å². The molecule has 2 aromatic rings. The molecule has 0 atom stereocenters. The van der Waals surface area contributed by atoms with E-state index in [1.807, 2.05) is 12.3 Å². The van der Waals surface area contributed by atoms with Gasteiger partial charge in [-0.2, -0.15) is 0 Å². The minimum atomic E-state index is -0.358. The van der Waals surface area contributed by atoms with Crippen molar-refractivity contribution in [3.05, 3.63) is 59.9 Å². The molecule has 166 valence electrons. The average Bonchev–Trinajstić information content (AvgIpc) is 2.74. The van der Waals surface area contributed by atoms with Crippen molar-refractivity contribution >= 4 is 12.0 Å². The summed E-state index contributed by atoms with van der Waals surface area (Å²) in [5.74, 6) is 0.320. The fourth-order valence-electron chi connectivity index (χ4n) is 3.33. The van der Waals surface area contributed by atoms with Gasteiger partial charge in [-0.25, -0.2) is 4.79 Å². The molecule has 1 aliphatic heterocycles. The van der Waals surface area contributed by atoms with Crippen LogP contribution in [0.15, 0.2) is 48.8 Å². The van der Waals surface area contributed by atoms with Gasteiger partial charge in [0.2, 0.25) is 0 Å². The van der Waals surface area contributed by atoms with E-state index in [-0.39, 0.29) is 17.4 Å². The Labute approximate surface area is 184 Å². The zero-order valence-corrected chi connectivity index (χ0v) is 18.6. The second-order valence-corrected chi connectivity index (χ2v) is 9.08. The highest BCUT2D eigenvalue weighted by Gasteiger charge is 2.22. The minimum absolute atomic E-state index is 0.119. The zero-order valence-electron chi connectivity index (χ0n) is 18.6. The lowest BCUT2D eigenvalue weighted by Crippen LogP contribution is -2.49. The van der Waals surface area contributed by atoms with E-state index in [2.05, 4.69) is 42.0 Å². The van der Waals surface area contributed by atoms with Crippen molar-refractivity contribution < 1.29 is 14.3 Å². The van der Waals surface area contributed by atoms with E-state index < -0.39 is 0 Å². The van der Waals surface area contributed by atoms with Crippen LogP contribution in [-0.2, 0) is 6.54 Å². The first-order valence-electron chi connectivity index (χ1n) is 10.8. The number of carbonyl (C=O) groups excluding carboxylic acids is 2. The molecule has 2 heterocycles. The van der Waals surface area contributed by atoms with E-state index in [4.69, 9.17) is 4.74 Å². The molecule has 1 aromatic heterocycles. The van der Waals surface area contributed by atoms with Gasteiger partial charge in [0, 0.05) is 57.2 Å². The third-order valence-corrected chi connectivity index (χ3v) is 5.24. The number of nitrogens with zero attached hydrogens (tertiary/aromatic N) is 3. The van der Waals surface area contributed by atoms with Crippen LogP contribution in [0.3, 0.4) is 0 Å². The third-order valence-electron chi connectivity index (χ3n) is 5.24. The van der Waals surface area contributed by atoms with Crippen molar-refractivity contribution in [3.8, 4) is 5.75 Å². The Balaban J connectivity index is 1.43. The van der Waals surface area contributed by atoms with Crippen LogP contribution in [0.1, 0.15) is 43.1 Å². The number of amides is 2. The maximum atomic E-state index is 12.5. The molecular formula is C24H32N4O3. The lowest BCUT2D eigenvalue weighted by atomic mass is 9.92. The number of hydrogen-bond acceptors (Lipinski definition) is 5. The summed E-state index contributed by atoms with van der Waals surface area (Å²) in [5, 5.41) is 2.93. The first kappa shape index (κ1) is 22.7. The maximum absolute atomic E-state index is 12.5. The van der Waals surface area contributed by atoms with Crippen molar-refractivity contribution in [3.63, 3.8) is 0 Å². The lowest BCUT2D eigenvalue weighted by Gasteiger charge is -2.33. The molecule has 0 radical (unpaired) electrons. The normalized spacial score (nSPS) is 14.9. The third kappa shape index (κ3) is 7.36. The van der Waals surface area contributed by atoms with Crippen LogP contribution in [0, 0.1) is 5.41 Å². The predicted octanol–water partition coefficient (Wildman–Crippen LogP) is 3.56. The highest BCUT2D eigenvalue weighted by molar-refractivity contribution is 5.94. The van der Waals surface area contributed by atoms with E-state index in [1.54, 1.807) is 35.4 Å². The molecule has 1 aromatic carbocycles. The van der Waals surface area contributed by atoms with Crippen LogP contribution < -0.4 is 10.1 Å². The topological polar surface area (TPSA) is 74.8 Å². The first-order chi connectivity index (χ1) is 14.8. The lowest BCUT2D eigenvalue weighted by molar-refractivity contribution is 0.0949. The standard InChI is InChI=1S/C24H32N4O3/c1-24(2,3)10-12-26-22(29)20-6-8-21(9-7-20)31-23(30)28-15-13-27(14-16-28)18-19-5-4-11-25-17-19/h4-9,11,17H,10,12-16,18H2,1-3H3,(H,26,29). The van der Waals surface area contributed by atoms with Crippen molar-refractivity contribution in [1.29, 1.82) is 0 Å². The molecule has 0 aliphatic carbocycles. The number of piperazine rings is 1. The maximum Gasteiger partial charge on any atom is 0.415 e. The number of carbonyl (C=O) groups is 2. The smallest absolute Gasteiger partial charge is 0.410 e. The molecule has 1 aliphatic rings. The van der Waals surface area contributed by atoms with Gasteiger partial charge >= 0.3 is 6.09 Å². The molecule has 1 fully saturated rings. The molecule has 0 saturated carbocycles. The van der Waals surface area contributed by atoms with Crippen LogP contribution in [0.2, 0.25) is 0 Å². The van der Waals surface area contributed by atoms with E-state index >= 15 is 0 Å². The monoisotopic (exact) mass is 424 g/mol. The molecule has 31 heavy (non-hydrogen) atoms. The van der Waals surface area contributed by atoms with Crippen molar-refractivity contribution in [2.24, 2.45) is 5.41 Å². The van der Waals surface area contributed by atoms with Crippen LogP contribution >= 0.6 is 0 Å². The van der Waals surface area contributed by atoms with Crippen molar-refractivity contribution in [2.75, 3.05) is 32.7 Å². The summed E-state index contributed by atoms with van der Waals surface area (Å²) in [4.78, 5) is 32.9. The fraction of sp³-hybridized carbons (Fsp3) is 0.458. The number of pyridine rings is 1. The first-order valence-corrected chi connectivity index (χ1v) is 10.8. The summed E-state index contributed by atoms with van der Waals surface area (Å²) in [6, 6.07) is 10.7. The van der Waals surface area contributed by atoms with E-state index in [9.17, 15) is 9.59 Å². The molecule has 0 spiro atoms. The molecule has 3 rings (SSSR count).